The van der Waals surface area contributed by atoms with Crippen LogP contribution in [0.3, 0.4) is 0 Å². The smallest absolute Gasteiger partial charge is 0.306 e. The molecular formula is C4H8Cl4N3O2P3. The second kappa shape index (κ2) is 4.71. The van der Waals surface area contributed by atoms with Gasteiger partial charge in [-0.3, -0.25) is 0 Å². The van der Waals surface area contributed by atoms with E-state index in [1.54, 1.807) is 0 Å². The van der Waals surface area contributed by atoms with Crippen molar-refractivity contribution in [2.45, 2.75) is 6.92 Å². The van der Waals surface area contributed by atoms with Gasteiger partial charge in [-0.25, -0.2) is 0 Å². The predicted molar refractivity (Wildman–Crippen MR) is 72.5 cm³/mol. The van der Waals surface area contributed by atoms with Crippen molar-refractivity contribution in [2.75, 3.05) is 13.2 Å². The molecule has 0 atom stereocenters. The molecule has 0 aromatic carbocycles. The van der Waals surface area contributed by atoms with Crippen molar-refractivity contribution in [2.24, 2.45) is 19.5 Å². The molecule has 2 rings (SSSR count). The fraction of sp³-hybridized carbons (Fsp3) is 1.00. The average molecular weight is 365 g/mol. The van der Waals surface area contributed by atoms with Crippen molar-refractivity contribution in [3.8, 4) is 0 Å². The van der Waals surface area contributed by atoms with Crippen LogP contribution in [0, 0.1) is 5.92 Å². The summed E-state index contributed by atoms with van der Waals surface area (Å²) in [6.45, 7) is 2.93. The zero-order valence-corrected chi connectivity index (χ0v) is 13.7. The van der Waals surface area contributed by atoms with Crippen LogP contribution in [0.1, 0.15) is 6.92 Å². The summed E-state index contributed by atoms with van der Waals surface area (Å²) in [6.07, 6.45) is 0. The van der Waals surface area contributed by atoms with E-state index in [2.05, 4.69) is 13.5 Å². The van der Waals surface area contributed by atoms with Crippen molar-refractivity contribution in [3.63, 3.8) is 0 Å². The molecule has 0 aliphatic carbocycles. The Bertz CT molecular complexity index is 448. The van der Waals surface area contributed by atoms with Gasteiger partial charge in [0.15, 0.2) is 0 Å². The van der Waals surface area contributed by atoms with Gasteiger partial charge in [0, 0.05) is 5.92 Å². The first-order chi connectivity index (χ1) is 7.22. The Balaban J connectivity index is 2.48. The first kappa shape index (κ1) is 14.2. The third-order valence-corrected chi connectivity index (χ3v) is 12.8. The summed E-state index contributed by atoms with van der Waals surface area (Å²) in [4.78, 5) is 0. The highest BCUT2D eigenvalue weighted by molar-refractivity contribution is 8.20. The molecule has 2 aliphatic heterocycles. The molecule has 0 unspecified atom stereocenters. The number of rotatable bonds is 0. The first-order valence-corrected chi connectivity index (χ1v) is 12.8. The molecule has 1 spiro atoms. The van der Waals surface area contributed by atoms with Crippen LogP contribution < -0.4 is 0 Å². The average Bonchev–Trinajstić information content (AvgIpc) is 2.05. The van der Waals surface area contributed by atoms with Crippen LogP contribution in [-0.4, -0.2) is 13.2 Å². The lowest BCUT2D eigenvalue weighted by Gasteiger charge is -2.31. The monoisotopic (exact) mass is 363 g/mol. The van der Waals surface area contributed by atoms with E-state index in [9.17, 15) is 0 Å². The zero-order chi connectivity index (χ0) is 12.0. The van der Waals surface area contributed by atoms with E-state index in [0.29, 0.717) is 13.2 Å². The highest BCUT2D eigenvalue weighted by Crippen LogP contribution is 2.86. The molecule has 94 valence electrons. The van der Waals surface area contributed by atoms with Gasteiger partial charge in [-0.15, -0.1) is 0 Å². The zero-order valence-electron chi connectivity index (χ0n) is 8.00. The van der Waals surface area contributed by atoms with Gasteiger partial charge in [0.05, 0.1) is 13.2 Å². The highest BCUT2D eigenvalue weighted by Gasteiger charge is 2.38. The van der Waals surface area contributed by atoms with E-state index in [4.69, 9.17) is 54.0 Å². The molecule has 0 bridgehead atoms. The molecule has 16 heavy (non-hydrogen) atoms. The Hall–Kier alpha value is 1.77. The fourth-order valence-corrected chi connectivity index (χ4v) is 15.3. The van der Waals surface area contributed by atoms with Gasteiger partial charge in [0.1, 0.15) is 0 Å². The van der Waals surface area contributed by atoms with E-state index in [1.807, 2.05) is 6.92 Å². The minimum atomic E-state index is -2.93. The van der Waals surface area contributed by atoms with Crippen molar-refractivity contribution in [3.05, 3.63) is 0 Å². The number of hydrogen-bond donors (Lipinski definition) is 0. The van der Waals surface area contributed by atoms with Crippen LogP contribution in [0.4, 0.5) is 0 Å². The number of halogens is 4. The van der Waals surface area contributed by atoms with Crippen molar-refractivity contribution in [1.82, 2.24) is 0 Å². The molecule has 0 N–H and O–H groups in total. The molecule has 0 aromatic rings. The van der Waals surface area contributed by atoms with Crippen molar-refractivity contribution >= 4 is 64.4 Å². The third-order valence-electron chi connectivity index (χ3n) is 1.71. The lowest BCUT2D eigenvalue weighted by atomic mass is 10.2. The Kier molecular flexibility index (Phi) is 4.17. The Morgan fingerprint density at radius 1 is 0.938 bits per heavy atom. The Labute approximate surface area is 113 Å². The predicted octanol–water partition coefficient (Wildman–Crippen LogP) is 6.48. The Morgan fingerprint density at radius 3 is 1.94 bits per heavy atom. The van der Waals surface area contributed by atoms with E-state index < -0.39 is 19.5 Å². The number of nitrogens with zero attached hydrogens (tertiary/aromatic N) is 3. The number of hydrogen-bond acceptors (Lipinski definition) is 5. The second-order valence-corrected chi connectivity index (χ2v) is 15.5. The molecule has 0 aromatic heterocycles. The van der Waals surface area contributed by atoms with Gasteiger partial charge in [-0.2, -0.15) is 13.5 Å². The van der Waals surface area contributed by atoms with Crippen LogP contribution in [0.15, 0.2) is 13.5 Å². The quantitative estimate of drug-likeness (QED) is 0.462. The maximum absolute atomic E-state index is 5.93. The summed E-state index contributed by atoms with van der Waals surface area (Å²) in [5.41, 5.74) is 0. The maximum atomic E-state index is 5.93. The normalized spacial score (nSPS) is 40.7. The van der Waals surface area contributed by atoms with Gasteiger partial charge < -0.3 is 9.05 Å². The standard InChI is InChI=1S/C4H8Cl4N3O2P3/c1-4-2-12-16(13-3-4)10-14(5,6)9-15(7,8)11-16/h4H,2-3H2,1H3. The van der Waals surface area contributed by atoms with E-state index in [1.165, 1.54) is 0 Å². The summed E-state index contributed by atoms with van der Waals surface area (Å²) in [5.74, 6) is -5.58. The second-order valence-electron chi connectivity index (χ2n) is 3.37. The van der Waals surface area contributed by atoms with Crippen LogP contribution >= 0.6 is 64.4 Å². The Morgan fingerprint density at radius 2 is 1.44 bits per heavy atom. The van der Waals surface area contributed by atoms with E-state index in [0.717, 1.165) is 0 Å². The van der Waals surface area contributed by atoms with Gasteiger partial charge >= 0.3 is 7.66 Å². The molecule has 1 fully saturated rings. The highest BCUT2D eigenvalue weighted by atomic mass is 35.9. The van der Waals surface area contributed by atoms with Gasteiger partial charge in [-0.1, -0.05) is 6.92 Å². The molecule has 1 saturated heterocycles. The molecule has 12 heteroatoms. The van der Waals surface area contributed by atoms with Crippen LogP contribution in [0.25, 0.3) is 0 Å². The van der Waals surface area contributed by atoms with Crippen LogP contribution in [0.5, 0.6) is 0 Å². The molecular weight excluding hydrogens is 357 g/mol. The summed E-state index contributed by atoms with van der Waals surface area (Å²) in [6, 6.07) is 0. The summed E-state index contributed by atoms with van der Waals surface area (Å²) in [5, 5.41) is 0. The first-order valence-electron chi connectivity index (χ1n) is 4.21. The molecule has 0 amide bonds. The third kappa shape index (κ3) is 3.41. The topological polar surface area (TPSA) is 55.5 Å². The fourth-order valence-electron chi connectivity index (χ4n) is 1.09. The SMILES string of the molecule is CC1COP2(=NP(Cl)(Cl)=NP(Cl)(Cl)=N2)OC1. The minimum absolute atomic E-state index is 0.270. The van der Waals surface area contributed by atoms with Gasteiger partial charge in [0.25, 0.3) is 11.8 Å². The van der Waals surface area contributed by atoms with E-state index in [-0.39, 0.29) is 5.92 Å². The minimum Gasteiger partial charge on any atom is -0.306 e. The van der Waals surface area contributed by atoms with E-state index >= 15 is 0 Å². The summed E-state index contributed by atoms with van der Waals surface area (Å²) < 4.78 is 23.0. The van der Waals surface area contributed by atoms with Crippen molar-refractivity contribution in [1.29, 1.82) is 0 Å². The molecule has 2 aliphatic rings. The summed E-state index contributed by atoms with van der Waals surface area (Å²) in [7, 11) is -2.84. The lowest BCUT2D eigenvalue weighted by Crippen LogP contribution is -2.17. The largest absolute Gasteiger partial charge is 0.345 e. The van der Waals surface area contributed by atoms with Gasteiger partial charge in [0.2, 0.25) is 0 Å². The maximum Gasteiger partial charge on any atom is 0.345 e. The molecule has 0 saturated carbocycles. The molecule has 5 nitrogen and oxygen atoms in total. The summed E-state index contributed by atoms with van der Waals surface area (Å²) >= 11 is 23.7. The molecule has 2 heterocycles. The molecule has 0 radical (unpaired) electrons. The lowest BCUT2D eigenvalue weighted by molar-refractivity contribution is 0.123. The van der Waals surface area contributed by atoms with Crippen molar-refractivity contribution < 1.29 is 9.05 Å². The van der Waals surface area contributed by atoms with Gasteiger partial charge in [-0.05, 0) is 45.0 Å². The van der Waals surface area contributed by atoms with Crippen LogP contribution in [-0.2, 0) is 9.05 Å². The van der Waals surface area contributed by atoms with Crippen LogP contribution in [0.2, 0.25) is 0 Å².